The van der Waals surface area contributed by atoms with Crippen LogP contribution in [-0.2, 0) is 11.3 Å². The standard InChI is InChI=1S/C21H24F3N3O3/c22-21(23,24)15-30-19-9-5-4-8-18(19)26-20(28)25-12-17-14-27(10-11-29-17)13-16-6-2-1-3-7-16/h1-9,17H,10-15H2,(H2,25,26,28). The first kappa shape index (κ1) is 21.9. The molecule has 1 heterocycles. The van der Waals surface area contributed by atoms with E-state index in [0.29, 0.717) is 13.2 Å². The highest BCUT2D eigenvalue weighted by Crippen LogP contribution is 2.26. The maximum atomic E-state index is 12.4. The number of nitrogens with zero attached hydrogens (tertiary/aromatic N) is 1. The SMILES string of the molecule is O=C(NCC1CN(Cc2ccccc2)CCO1)Nc1ccccc1OCC(F)(F)F. The lowest BCUT2D eigenvalue weighted by atomic mass is 10.2. The van der Waals surface area contributed by atoms with E-state index in [4.69, 9.17) is 9.47 Å². The number of benzene rings is 2. The third kappa shape index (κ3) is 7.23. The maximum absolute atomic E-state index is 12.4. The van der Waals surface area contributed by atoms with Gasteiger partial charge in [0.2, 0.25) is 0 Å². The quantitative estimate of drug-likeness (QED) is 0.714. The van der Waals surface area contributed by atoms with Crippen LogP contribution in [0, 0.1) is 0 Å². The molecule has 1 aliphatic heterocycles. The largest absolute Gasteiger partial charge is 0.482 e. The Hall–Kier alpha value is -2.78. The van der Waals surface area contributed by atoms with Gasteiger partial charge in [0.15, 0.2) is 6.61 Å². The van der Waals surface area contributed by atoms with E-state index in [1.807, 2.05) is 18.2 Å². The van der Waals surface area contributed by atoms with Gasteiger partial charge in [-0.15, -0.1) is 0 Å². The molecule has 1 fully saturated rings. The molecule has 2 N–H and O–H groups in total. The molecule has 162 valence electrons. The molecule has 0 aliphatic carbocycles. The Morgan fingerprint density at radius 1 is 1.13 bits per heavy atom. The first-order chi connectivity index (χ1) is 14.4. The number of anilines is 1. The lowest BCUT2D eigenvalue weighted by Gasteiger charge is -2.33. The van der Waals surface area contributed by atoms with Crippen LogP contribution in [0.1, 0.15) is 5.56 Å². The Labute approximate surface area is 173 Å². The lowest BCUT2D eigenvalue weighted by molar-refractivity contribution is -0.153. The van der Waals surface area contributed by atoms with Crippen molar-refractivity contribution >= 4 is 11.7 Å². The van der Waals surface area contributed by atoms with Crippen molar-refractivity contribution in [3.63, 3.8) is 0 Å². The summed E-state index contributed by atoms with van der Waals surface area (Å²) in [5, 5.41) is 5.23. The second kappa shape index (κ2) is 10.3. The van der Waals surface area contributed by atoms with Crippen LogP contribution in [0.3, 0.4) is 0 Å². The molecule has 1 aliphatic rings. The van der Waals surface area contributed by atoms with Crippen molar-refractivity contribution in [3.05, 3.63) is 60.2 Å². The summed E-state index contributed by atoms with van der Waals surface area (Å²) in [4.78, 5) is 14.5. The molecule has 3 rings (SSSR count). The molecule has 2 amide bonds. The summed E-state index contributed by atoms with van der Waals surface area (Å²) in [6.07, 6.45) is -4.63. The normalized spacial score (nSPS) is 17.4. The maximum Gasteiger partial charge on any atom is 0.422 e. The van der Waals surface area contributed by atoms with Gasteiger partial charge in [-0.05, 0) is 17.7 Å². The Kier molecular flexibility index (Phi) is 7.53. The van der Waals surface area contributed by atoms with Crippen molar-refractivity contribution in [2.45, 2.75) is 18.8 Å². The summed E-state index contributed by atoms with van der Waals surface area (Å²) in [7, 11) is 0. The van der Waals surface area contributed by atoms with Crippen LogP contribution >= 0.6 is 0 Å². The van der Waals surface area contributed by atoms with Crippen LogP contribution in [0.5, 0.6) is 5.75 Å². The second-order valence-electron chi connectivity index (χ2n) is 6.95. The summed E-state index contributed by atoms with van der Waals surface area (Å²) in [5.41, 5.74) is 1.37. The first-order valence-electron chi connectivity index (χ1n) is 9.60. The predicted molar refractivity (Wildman–Crippen MR) is 106 cm³/mol. The van der Waals surface area contributed by atoms with Gasteiger partial charge in [0.1, 0.15) is 5.75 Å². The minimum absolute atomic E-state index is 0.0482. The van der Waals surface area contributed by atoms with E-state index < -0.39 is 18.8 Å². The van der Waals surface area contributed by atoms with Crippen LogP contribution in [0.4, 0.5) is 23.7 Å². The summed E-state index contributed by atoms with van der Waals surface area (Å²) in [6.45, 7) is 1.69. The molecular formula is C21H24F3N3O3. The summed E-state index contributed by atoms with van der Waals surface area (Å²) >= 11 is 0. The van der Waals surface area contributed by atoms with Gasteiger partial charge >= 0.3 is 12.2 Å². The highest BCUT2D eigenvalue weighted by molar-refractivity contribution is 5.90. The van der Waals surface area contributed by atoms with E-state index in [1.54, 1.807) is 6.07 Å². The number of amides is 2. The predicted octanol–water partition coefficient (Wildman–Crippen LogP) is 3.65. The number of rotatable bonds is 7. The summed E-state index contributed by atoms with van der Waals surface area (Å²) in [5.74, 6) is -0.0482. The molecule has 1 unspecified atom stereocenters. The van der Waals surface area contributed by atoms with Gasteiger partial charge in [-0.25, -0.2) is 4.79 Å². The number of hydrogen-bond acceptors (Lipinski definition) is 4. The Bertz CT molecular complexity index is 818. The van der Waals surface area contributed by atoms with Crippen molar-refractivity contribution in [1.82, 2.24) is 10.2 Å². The number of nitrogens with one attached hydrogen (secondary N) is 2. The minimum atomic E-state index is -4.46. The van der Waals surface area contributed by atoms with E-state index in [2.05, 4.69) is 27.7 Å². The van der Waals surface area contributed by atoms with Crippen LogP contribution < -0.4 is 15.4 Å². The zero-order chi connectivity index (χ0) is 21.4. The summed E-state index contributed by atoms with van der Waals surface area (Å²) < 4.78 is 47.6. The van der Waals surface area contributed by atoms with Crippen LogP contribution in [0.2, 0.25) is 0 Å². The molecule has 0 spiro atoms. The van der Waals surface area contributed by atoms with Gasteiger partial charge in [0, 0.05) is 26.2 Å². The average Bonchev–Trinajstić information content (AvgIpc) is 2.72. The van der Waals surface area contributed by atoms with Crippen molar-refractivity contribution in [2.75, 3.05) is 38.2 Å². The molecule has 0 aromatic heterocycles. The third-order valence-corrected chi connectivity index (χ3v) is 4.49. The van der Waals surface area contributed by atoms with E-state index in [1.165, 1.54) is 23.8 Å². The van der Waals surface area contributed by atoms with Gasteiger partial charge in [0.05, 0.1) is 18.4 Å². The van der Waals surface area contributed by atoms with Gasteiger partial charge in [0.25, 0.3) is 0 Å². The van der Waals surface area contributed by atoms with Crippen molar-refractivity contribution in [2.24, 2.45) is 0 Å². The average molecular weight is 423 g/mol. The van der Waals surface area contributed by atoms with Gasteiger partial charge in [-0.2, -0.15) is 13.2 Å². The molecular weight excluding hydrogens is 399 g/mol. The van der Waals surface area contributed by atoms with Crippen LogP contribution in [0.25, 0.3) is 0 Å². The molecule has 2 aromatic carbocycles. The summed E-state index contributed by atoms with van der Waals surface area (Å²) in [6, 6.07) is 15.5. The Balaban J connectivity index is 1.46. The number of carbonyl (C=O) groups excluding carboxylic acids is 1. The number of halogens is 3. The number of urea groups is 1. The fourth-order valence-electron chi connectivity index (χ4n) is 3.12. The fourth-order valence-corrected chi connectivity index (χ4v) is 3.12. The van der Waals surface area contributed by atoms with Crippen molar-refractivity contribution < 1.29 is 27.4 Å². The Morgan fingerprint density at radius 3 is 2.63 bits per heavy atom. The van der Waals surface area contributed by atoms with Crippen molar-refractivity contribution in [1.29, 1.82) is 0 Å². The number of carbonyl (C=O) groups is 1. The number of ether oxygens (including phenoxy) is 2. The monoisotopic (exact) mass is 423 g/mol. The molecule has 30 heavy (non-hydrogen) atoms. The molecule has 2 aromatic rings. The number of para-hydroxylation sites is 2. The molecule has 1 saturated heterocycles. The van der Waals surface area contributed by atoms with E-state index >= 15 is 0 Å². The zero-order valence-electron chi connectivity index (χ0n) is 16.3. The van der Waals surface area contributed by atoms with Crippen LogP contribution in [-0.4, -0.2) is 56.1 Å². The topological polar surface area (TPSA) is 62.8 Å². The second-order valence-corrected chi connectivity index (χ2v) is 6.95. The molecule has 0 bridgehead atoms. The van der Waals surface area contributed by atoms with E-state index in [0.717, 1.165) is 13.1 Å². The number of morpholine rings is 1. The minimum Gasteiger partial charge on any atom is -0.482 e. The van der Waals surface area contributed by atoms with Gasteiger partial charge < -0.3 is 20.1 Å². The van der Waals surface area contributed by atoms with Gasteiger partial charge in [-0.3, -0.25) is 4.90 Å². The molecule has 1 atom stereocenters. The van der Waals surface area contributed by atoms with Gasteiger partial charge in [-0.1, -0.05) is 42.5 Å². The molecule has 0 saturated carbocycles. The lowest BCUT2D eigenvalue weighted by Crippen LogP contribution is -2.47. The third-order valence-electron chi connectivity index (χ3n) is 4.49. The molecule has 9 heteroatoms. The number of hydrogen-bond donors (Lipinski definition) is 2. The smallest absolute Gasteiger partial charge is 0.422 e. The highest BCUT2D eigenvalue weighted by atomic mass is 19.4. The molecule has 6 nitrogen and oxygen atoms in total. The first-order valence-corrected chi connectivity index (χ1v) is 9.60. The van der Waals surface area contributed by atoms with E-state index in [-0.39, 0.29) is 24.1 Å². The Morgan fingerprint density at radius 2 is 1.87 bits per heavy atom. The fraction of sp³-hybridized carbons (Fsp3) is 0.381. The van der Waals surface area contributed by atoms with Crippen LogP contribution in [0.15, 0.2) is 54.6 Å². The zero-order valence-corrected chi connectivity index (χ0v) is 16.3. The van der Waals surface area contributed by atoms with E-state index in [9.17, 15) is 18.0 Å². The van der Waals surface area contributed by atoms with Crippen molar-refractivity contribution in [3.8, 4) is 5.75 Å². The highest BCUT2D eigenvalue weighted by Gasteiger charge is 2.29. The molecule has 0 radical (unpaired) electrons. The number of alkyl halides is 3.